The molecule has 1 aromatic rings. The highest BCUT2D eigenvalue weighted by atomic mass is 16.5. The van der Waals surface area contributed by atoms with Gasteiger partial charge in [0.25, 0.3) is 0 Å². The van der Waals surface area contributed by atoms with E-state index in [0.29, 0.717) is 6.04 Å². The normalized spacial score (nSPS) is 25.6. The van der Waals surface area contributed by atoms with Gasteiger partial charge in [-0.3, -0.25) is 0 Å². The molecule has 2 heterocycles. The SMILES string of the molecule is CCc1cnc(N[C@H]2COC3(CCCCC3)C2)nc1. The van der Waals surface area contributed by atoms with E-state index in [4.69, 9.17) is 4.74 Å². The van der Waals surface area contributed by atoms with Gasteiger partial charge in [-0.25, -0.2) is 9.97 Å². The Hall–Kier alpha value is -1.16. The first-order chi connectivity index (χ1) is 9.30. The van der Waals surface area contributed by atoms with Gasteiger partial charge in [0.05, 0.1) is 18.2 Å². The molecular formula is C15H23N3O. The van der Waals surface area contributed by atoms with Crippen molar-refractivity contribution in [2.75, 3.05) is 11.9 Å². The summed E-state index contributed by atoms with van der Waals surface area (Å²) in [4.78, 5) is 8.74. The van der Waals surface area contributed by atoms with Gasteiger partial charge in [0.2, 0.25) is 5.95 Å². The number of aryl methyl sites for hydroxylation is 1. The zero-order chi connectivity index (χ0) is 13.1. The van der Waals surface area contributed by atoms with E-state index in [-0.39, 0.29) is 5.60 Å². The Morgan fingerprint density at radius 3 is 2.68 bits per heavy atom. The number of nitrogens with zero attached hydrogens (tertiary/aromatic N) is 2. The summed E-state index contributed by atoms with van der Waals surface area (Å²) in [6, 6.07) is 0.366. The van der Waals surface area contributed by atoms with Crippen molar-refractivity contribution in [1.82, 2.24) is 9.97 Å². The first kappa shape index (κ1) is 12.9. The van der Waals surface area contributed by atoms with Gasteiger partial charge in [-0.2, -0.15) is 0 Å². The summed E-state index contributed by atoms with van der Waals surface area (Å²) < 4.78 is 6.09. The Kier molecular flexibility index (Phi) is 3.69. The lowest BCUT2D eigenvalue weighted by atomic mass is 9.82. The van der Waals surface area contributed by atoms with Crippen molar-refractivity contribution in [1.29, 1.82) is 0 Å². The predicted molar refractivity (Wildman–Crippen MR) is 75.2 cm³/mol. The Bertz CT molecular complexity index is 412. The summed E-state index contributed by atoms with van der Waals surface area (Å²) in [6.07, 6.45) is 12.3. The molecule has 19 heavy (non-hydrogen) atoms. The highest BCUT2D eigenvalue weighted by molar-refractivity contribution is 5.27. The minimum absolute atomic E-state index is 0.152. The van der Waals surface area contributed by atoms with Crippen LogP contribution in [0.25, 0.3) is 0 Å². The van der Waals surface area contributed by atoms with E-state index < -0.39 is 0 Å². The molecule has 4 heteroatoms. The molecule has 104 valence electrons. The summed E-state index contributed by atoms with van der Waals surface area (Å²) >= 11 is 0. The first-order valence-electron chi connectivity index (χ1n) is 7.51. The number of aromatic nitrogens is 2. The maximum Gasteiger partial charge on any atom is 0.222 e. The van der Waals surface area contributed by atoms with Crippen molar-refractivity contribution in [2.24, 2.45) is 0 Å². The predicted octanol–water partition coefficient (Wildman–Crippen LogP) is 2.94. The third-order valence-electron chi connectivity index (χ3n) is 4.42. The molecule has 3 rings (SSSR count). The second-order valence-corrected chi connectivity index (χ2v) is 5.87. The van der Waals surface area contributed by atoms with Crippen LogP contribution in [0.1, 0.15) is 51.0 Å². The van der Waals surface area contributed by atoms with Gasteiger partial charge in [-0.15, -0.1) is 0 Å². The minimum Gasteiger partial charge on any atom is -0.373 e. The zero-order valence-corrected chi connectivity index (χ0v) is 11.7. The van der Waals surface area contributed by atoms with E-state index in [1.807, 2.05) is 12.4 Å². The second kappa shape index (κ2) is 5.45. The van der Waals surface area contributed by atoms with Crippen LogP contribution in [0.15, 0.2) is 12.4 Å². The lowest BCUT2D eigenvalue weighted by molar-refractivity contribution is -0.0244. The van der Waals surface area contributed by atoms with E-state index in [1.54, 1.807) is 0 Å². The first-order valence-corrected chi connectivity index (χ1v) is 7.51. The summed E-state index contributed by atoms with van der Waals surface area (Å²) in [5.74, 6) is 0.735. The van der Waals surface area contributed by atoms with Crippen LogP contribution in [0, 0.1) is 0 Å². The van der Waals surface area contributed by atoms with Gasteiger partial charge < -0.3 is 10.1 Å². The molecule has 2 aliphatic rings. The monoisotopic (exact) mass is 261 g/mol. The second-order valence-electron chi connectivity index (χ2n) is 5.87. The maximum atomic E-state index is 6.09. The van der Waals surface area contributed by atoms with Gasteiger partial charge >= 0.3 is 0 Å². The Morgan fingerprint density at radius 2 is 2.00 bits per heavy atom. The highest BCUT2D eigenvalue weighted by Crippen LogP contribution is 2.39. The molecule has 1 spiro atoms. The Labute approximate surface area is 115 Å². The van der Waals surface area contributed by atoms with Crippen LogP contribution in [0.2, 0.25) is 0 Å². The molecule has 1 atom stereocenters. The van der Waals surface area contributed by atoms with Crippen molar-refractivity contribution in [2.45, 2.75) is 63.5 Å². The lowest BCUT2D eigenvalue weighted by Crippen LogP contribution is -2.31. The molecule has 4 nitrogen and oxygen atoms in total. The largest absolute Gasteiger partial charge is 0.373 e. The molecule has 1 saturated carbocycles. The molecule has 0 radical (unpaired) electrons. The molecule has 0 bridgehead atoms. The lowest BCUT2D eigenvalue weighted by Gasteiger charge is -2.32. The van der Waals surface area contributed by atoms with Gasteiger partial charge in [-0.1, -0.05) is 26.2 Å². The van der Waals surface area contributed by atoms with E-state index in [1.165, 1.54) is 37.7 Å². The van der Waals surface area contributed by atoms with Gasteiger partial charge in [0.1, 0.15) is 0 Å². The number of nitrogens with one attached hydrogen (secondary N) is 1. The topological polar surface area (TPSA) is 47.0 Å². The quantitative estimate of drug-likeness (QED) is 0.908. The minimum atomic E-state index is 0.152. The van der Waals surface area contributed by atoms with Crippen molar-refractivity contribution in [3.8, 4) is 0 Å². The highest BCUT2D eigenvalue weighted by Gasteiger charge is 2.41. The van der Waals surface area contributed by atoms with Crippen molar-refractivity contribution in [3.05, 3.63) is 18.0 Å². The van der Waals surface area contributed by atoms with E-state index in [2.05, 4.69) is 22.2 Å². The summed E-state index contributed by atoms with van der Waals surface area (Å²) in [6.45, 7) is 2.91. The van der Waals surface area contributed by atoms with Gasteiger partial charge in [0.15, 0.2) is 0 Å². The van der Waals surface area contributed by atoms with Crippen LogP contribution in [-0.2, 0) is 11.2 Å². The molecule has 1 N–H and O–H groups in total. The summed E-state index contributed by atoms with van der Waals surface area (Å²) in [7, 11) is 0. The van der Waals surface area contributed by atoms with Gasteiger partial charge in [0, 0.05) is 12.4 Å². The number of hydrogen-bond donors (Lipinski definition) is 1. The fourth-order valence-corrected chi connectivity index (χ4v) is 3.28. The molecule has 0 aromatic carbocycles. The van der Waals surface area contributed by atoms with Crippen LogP contribution in [0.5, 0.6) is 0 Å². The third kappa shape index (κ3) is 2.89. The zero-order valence-electron chi connectivity index (χ0n) is 11.7. The van der Waals surface area contributed by atoms with Gasteiger partial charge in [-0.05, 0) is 31.2 Å². The fourth-order valence-electron chi connectivity index (χ4n) is 3.28. The third-order valence-corrected chi connectivity index (χ3v) is 4.42. The summed E-state index contributed by atoms with van der Waals surface area (Å²) in [5.41, 5.74) is 1.33. The number of rotatable bonds is 3. The van der Waals surface area contributed by atoms with Crippen LogP contribution in [0.4, 0.5) is 5.95 Å². The molecular weight excluding hydrogens is 238 g/mol. The Balaban J connectivity index is 1.58. The average molecular weight is 261 g/mol. The molecule has 0 unspecified atom stereocenters. The van der Waals surface area contributed by atoms with Crippen LogP contribution < -0.4 is 5.32 Å². The molecule has 2 fully saturated rings. The standard InChI is InChI=1S/C15H23N3O/c1-2-12-9-16-14(17-10-12)18-13-8-15(19-11-13)6-4-3-5-7-15/h9-10,13H,2-8,11H2,1H3,(H,16,17,18)/t13-/m1/s1. The van der Waals surface area contributed by atoms with Crippen molar-refractivity contribution >= 4 is 5.95 Å². The smallest absolute Gasteiger partial charge is 0.222 e. The average Bonchev–Trinajstić information content (AvgIpc) is 2.83. The van der Waals surface area contributed by atoms with Crippen molar-refractivity contribution < 1.29 is 4.74 Å². The number of anilines is 1. The number of ether oxygens (including phenoxy) is 1. The summed E-state index contributed by atoms with van der Waals surface area (Å²) in [5, 5.41) is 3.42. The maximum absolute atomic E-state index is 6.09. The molecule has 1 aliphatic heterocycles. The van der Waals surface area contributed by atoms with E-state index >= 15 is 0 Å². The molecule has 1 aliphatic carbocycles. The van der Waals surface area contributed by atoms with Crippen LogP contribution in [-0.4, -0.2) is 28.2 Å². The van der Waals surface area contributed by atoms with E-state index in [9.17, 15) is 0 Å². The van der Waals surface area contributed by atoms with Crippen molar-refractivity contribution in [3.63, 3.8) is 0 Å². The van der Waals surface area contributed by atoms with Crippen LogP contribution in [0.3, 0.4) is 0 Å². The van der Waals surface area contributed by atoms with E-state index in [0.717, 1.165) is 25.4 Å². The molecule has 1 saturated heterocycles. The molecule has 1 aromatic heterocycles. The Morgan fingerprint density at radius 1 is 1.26 bits per heavy atom. The number of hydrogen-bond acceptors (Lipinski definition) is 4. The fraction of sp³-hybridized carbons (Fsp3) is 0.733. The molecule has 0 amide bonds. The van der Waals surface area contributed by atoms with Crippen LogP contribution >= 0.6 is 0 Å².